The van der Waals surface area contributed by atoms with Gasteiger partial charge in [0.1, 0.15) is 0 Å². The van der Waals surface area contributed by atoms with Gasteiger partial charge in [-0.2, -0.15) is 0 Å². The summed E-state index contributed by atoms with van der Waals surface area (Å²) in [7, 11) is 1.85. The maximum Gasteiger partial charge on any atom is 0.226 e. The smallest absolute Gasteiger partial charge is 0.226 e. The molecular formula is C31H51NO2. The molecular weight excluding hydrogens is 418 g/mol. The summed E-state index contributed by atoms with van der Waals surface area (Å²) in [6, 6.07) is 0. The second kappa shape index (κ2) is 7.59. The molecule has 2 N–H and O–H groups in total. The molecule has 1 amide bonds. The standard InChI is InChI=1S/C31H51NO2/c1-19-11-16-31(26(34)32-8)18-17-29(6)21(25(31)20(19)2)9-10-23-28(5)14-13-24(33)27(3,4)22(28)12-15-30(23,29)7/h9,19-20,22-25,33H,10-18H2,1-8H3,(H,32,34)/t19-,20+,22+,23-,24+,25+,28+,29-,30-,31+/m1/s1. The van der Waals surface area contributed by atoms with E-state index in [0.29, 0.717) is 35.5 Å². The topological polar surface area (TPSA) is 49.3 Å². The van der Waals surface area contributed by atoms with Gasteiger partial charge < -0.3 is 10.4 Å². The zero-order chi connectivity index (χ0) is 24.9. The van der Waals surface area contributed by atoms with E-state index in [-0.39, 0.29) is 33.2 Å². The van der Waals surface area contributed by atoms with Crippen LogP contribution >= 0.6 is 0 Å². The quantitative estimate of drug-likeness (QED) is 0.417. The molecule has 0 aromatic heterocycles. The number of hydrogen-bond acceptors (Lipinski definition) is 2. The predicted molar refractivity (Wildman–Crippen MR) is 139 cm³/mol. The molecule has 3 heteroatoms. The van der Waals surface area contributed by atoms with E-state index in [2.05, 4.69) is 59.9 Å². The number of allylic oxidation sites excluding steroid dienone is 2. The van der Waals surface area contributed by atoms with Crippen molar-refractivity contribution in [2.45, 2.75) is 112 Å². The van der Waals surface area contributed by atoms with Crippen LogP contribution in [-0.4, -0.2) is 24.2 Å². The van der Waals surface area contributed by atoms with Crippen LogP contribution in [0.2, 0.25) is 0 Å². The Balaban J connectivity index is 1.61. The number of fused-ring (bicyclic) bond motifs is 7. The Kier molecular flexibility index (Phi) is 5.55. The molecule has 0 unspecified atom stereocenters. The lowest BCUT2D eigenvalue weighted by molar-refractivity contribution is -0.204. The van der Waals surface area contributed by atoms with Crippen LogP contribution in [0.3, 0.4) is 0 Å². The summed E-state index contributed by atoms with van der Waals surface area (Å²) < 4.78 is 0. The van der Waals surface area contributed by atoms with Crippen LogP contribution in [0.5, 0.6) is 0 Å². The van der Waals surface area contributed by atoms with Crippen LogP contribution in [0.15, 0.2) is 11.6 Å². The van der Waals surface area contributed by atoms with Crippen molar-refractivity contribution in [3.05, 3.63) is 11.6 Å². The Labute approximate surface area is 208 Å². The largest absolute Gasteiger partial charge is 0.393 e. The zero-order valence-corrected chi connectivity index (χ0v) is 23.3. The first-order valence-electron chi connectivity index (χ1n) is 14.4. The lowest BCUT2D eigenvalue weighted by Crippen LogP contribution is -2.65. The second-order valence-corrected chi connectivity index (χ2v) is 14.8. The molecule has 0 heterocycles. The number of rotatable bonds is 1. The molecule has 10 atom stereocenters. The molecule has 0 aromatic carbocycles. The third kappa shape index (κ3) is 2.83. The molecule has 0 aliphatic heterocycles. The first kappa shape index (κ1) is 24.8. The maximum atomic E-state index is 13.5. The van der Waals surface area contributed by atoms with Gasteiger partial charge in [0, 0.05) is 7.05 Å². The van der Waals surface area contributed by atoms with Crippen molar-refractivity contribution in [1.82, 2.24) is 5.32 Å². The van der Waals surface area contributed by atoms with Crippen LogP contribution in [0.25, 0.3) is 0 Å². The van der Waals surface area contributed by atoms with Crippen molar-refractivity contribution in [2.24, 2.45) is 56.7 Å². The highest BCUT2D eigenvalue weighted by atomic mass is 16.3. The van der Waals surface area contributed by atoms with Gasteiger partial charge in [0.2, 0.25) is 5.91 Å². The van der Waals surface area contributed by atoms with E-state index in [1.165, 1.54) is 19.3 Å². The van der Waals surface area contributed by atoms with Crippen molar-refractivity contribution in [2.75, 3.05) is 7.05 Å². The van der Waals surface area contributed by atoms with Gasteiger partial charge in [-0.3, -0.25) is 4.79 Å². The van der Waals surface area contributed by atoms with E-state index >= 15 is 0 Å². The van der Waals surface area contributed by atoms with E-state index in [4.69, 9.17) is 0 Å². The number of aliphatic hydroxyl groups is 1. The van der Waals surface area contributed by atoms with E-state index < -0.39 is 0 Å². The van der Waals surface area contributed by atoms with Gasteiger partial charge in [-0.05, 0) is 109 Å². The molecule has 192 valence electrons. The fourth-order valence-corrected chi connectivity index (χ4v) is 11.1. The van der Waals surface area contributed by atoms with Crippen LogP contribution in [0, 0.1) is 56.7 Å². The van der Waals surface area contributed by atoms with Gasteiger partial charge in [0.25, 0.3) is 0 Å². The fourth-order valence-electron chi connectivity index (χ4n) is 11.1. The van der Waals surface area contributed by atoms with Crippen molar-refractivity contribution >= 4 is 5.91 Å². The number of hydrogen-bond donors (Lipinski definition) is 2. The predicted octanol–water partition coefficient (Wildman–Crippen LogP) is 6.75. The Morgan fingerprint density at radius 2 is 1.65 bits per heavy atom. The molecule has 5 aliphatic rings. The molecule has 0 saturated heterocycles. The van der Waals surface area contributed by atoms with E-state index in [1.54, 1.807) is 5.57 Å². The molecule has 34 heavy (non-hydrogen) atoms. The summed E-state index contributed by atoms with van der Waals surface area (Å²) in [6.07, 6.45) is 12.6. The van der Waals surface area contributed by atoms with Gasteiger partial charge in [-0.1, -0.05) is 60.1 Å². The van der Waals surface area contributed by atoms with Crippen molar-refractivity contribution < 1.29 is 9.90 Å². The third-order valence-corrected chi connectivity index (χ3v) is 13.6. The summed E-state index contributed by atoms with van der Waals surface area (Å²) in [4.78, 5) is 13.5. The van der Waals surface area contributed by atoms with Gasteiger partial charge in [0.05, 0.1) is 11.5 Å². The highest BCUT2D eigenvalue weighted by Gasteiger charge is 2.69. The minimum atomic E-state index is -0.215. The SMILES string of the molecule is CNC(=O)[C@]12CC[C@@H](C)[C@H](C)[C@H]1C1=CC[C@@H]3[C@@]4(C)CC[C@H](O)C(C)(C)[C@@H]4CC[C@@]3(C)[C@]1(C)CC2. The Bertz CT molecular complexity index is 892. The summed E-state index contributed by atoms with van der Waals surface area (Å²) >= 11 is 0. The van der Waals surface area contributed by atoms with E-state index in [1.807, 2.05) is 7.05 Å². The molecule has 0 bridgehead atoms. The average Bonchev–Trinajstić information content (AvgIpc) is 2.79. The molecule has 4 fully saturated rings. The van der Waals surface area contributed by atoms with Crippen LogP contribution in [0.1, 0.15) is 106 Å². The lowest BCUT2D eigenvalue weighted by Gasteiger charge is -2.71. The average molecular weight is 470 g/mol. The van der Waals surface area contributed by atoms with Gasteiger partial charge in [-0.25, -0.2) is 0 Å². The third-order valence-electron chi connectivity index (χ3n) is 13.6. The lowest BCUT2D eigenvalue weighted by atomic mass is 9.33. The number of carbonyl (C=O) groups excluding carboxylic acids is 1. The normalized spacial score (nSPS) is 54.0. The zero-order valence-electron chi connectivity index (χ0n) is 23.3. The first-order chi connectivity index (χ1) is 15.8. The highest BCUT2D eigenvalue weighted by molar-refractivity contribution is 5.84. The minimum absolute atomic E-state index is 0.00647. The number of aliphatic hydroxyl groups excluding tert-OH is 1. The summed E-state index contributed by atoms with van der Waals surface area (Å²) in [6.45, 7) is 17.3. The van der Waals surface area contributed by atoms with E-state index in [9.17, 15) is 9.90 Å². The monoisotopic (exact) mass is 469 g/mol. The van der Waals surface area contributed by atoms with Crippen LogP contribution in [0.4, 0.5) is 0 Å². The first-order valence-corrected chi connectivity index (χ1v) is 14.4. The summed E-state index contributed by atoms with van der Waals surface area (Å²) in [5.41, 5.74) is 2.13. The summed E-state index contributed by atoms with van der Waals surface area (Å²) in [5.74, 6) is 3.14. The van der Waals surface area contributed by atoms with Gasteiger partial charge in [0.15, 0.2) is 0 Å². The highest BCUT2D eigenvalue weighted by Crippen LogP contribution is 2.75. The molecule has 5 aliphatic carbocycles. The molecule has 0 spiro atoms. The number of nitrogens with one attached hydrogen (secondary N) is 1. The minimum Gasteiger partial charge on any atom is -0.393 e. The second-order valence-electron chi connectivity index (χ2n) is 14.8. The van der Waals surface area contributed by atoms with Gasteiger partial charge >= 0.3 is 0 Å². The fraction of sp³-hybridized carbons (Fsp3) is 0.903. The molecule has 4 saturated carbocycles. The number of amides is 1. The molecule has 0 aromatic rings. The Hall–Kier alpha value is -0.830. The molecule has 5 rings (SSSR count). The Morgan fingerprint density at radius 1 is 0.941 bits per heavy atom. The van der Waals surface area contributed by atoms with Crippen molar-refractivity contribution in [3.63, 3.8) is 0 Å². The summed E-state index contributed by atoms with van der Waals surface area (Å²) in [5, 5.41) is 14.0. The van der Waals surface area contributed by atoms with Crippen molar-refractivity contribution in [1.29, 1.82) is 0 Å². The van der Waals surface area contributed by atoms with Crippen molar-refractivity contribution in [3.8, 4) is 0 Å². The maximum absolute atomic E-state index is 13.5. The van der Waals surface area contributed by atoms with Crippen LogP contribution < -0.4 is 5.32 Å². The van der Waals surface area contributed by atoms with Gasteiger partial charge in [-0.15, -0.1) is 0 Å². The number of carbonyl (C=O) groups is 1. The molecule has 0 radical (unpaired) electrons. The molecule has 3 nitrogen and oxygen atoms in total. The Morgan fingerprint density at radius 3 is 2.32 bits per heavy atom. The van der Waals surface area contributed by atoms with E-state index in [0.717, 1.165) is 38.5 Å². The van der Waals surface area contributed by atoms with Crippen LogP contribution in [-0.2, 0) is 4.79 Å².